The number of fused-ring (bicyclic) bond motifs is 1. The molecule has 3 aromatic heterocycles. The minimum atomic E-state index is -0.317. The number of imidazole rings is 1. The monoisotopic (exact) mass is 408 g/mol. The van der Waals surface area contributed by atoms with Crippen molar-refractivity contribution < 1.29 is 9.18 Å². The van der Waals surface area contributed by atoms with Crippen LogP contribution in [0.25, 0.3) is 15.9 Å². The first kappa shape index (κ1) is 17.7. The second kappa shape index (κ2) is 7.25. The molecule has 1 fully saturated rings. The summed E-state index contributed by atoms with van der Waals surface area (Å²) in [5.74, 6) is 0.511. The van der Waals surface area contributed by atoms with Crippen molar-refractivity contribution in [2.24, 2.45) is 0 Å². The van der Waals surface area contributed by atoms with Crippen LogP contribution in [0.3, 0.4) is 0 Å². The summed E-state index contributed by atoms with van der Waals surface area (Å²) in [7, 11) is 0. The number of carbonyl (C=O) groups is 1. The minimum absolute atomic E-state index is 0.0881. The zero-order valence-electron chi connectivity index (χ0n) is 15.4. The van der Waals surface area contributed by atoms with E-state index in [1.165, 1.54) is 12.1 Å². The van der Waals surface area contributed by atoms with Crippen LogP contribution in [-0.4, -0.2) is 56.5 Å². The van der Waals surface area contributed by atoms with Gasteiger partial charge in [0.2, 0.25) is 0 Å². The smallest absolute Gasteiger partial charge is 0.272 e. The Morgan fingerprint density at radius 3 is 2.62 bits per heavy atom. The van der Waals surface area contributed by atoms with E-state index in [2.05, 4.69) is 19.9 Å². The lowest BCUT2D eigenvalue weighted by Gasteiger charge is -2.35. The fourth-order valence-corrected chi connectivity index (χ4v) is 4.30. The molecule has 146 valence electrons. The zero-order chi connectivity index (χ0) is 19.8. The molecule has 0 radical (unpaired) electrons. The molecular formula is C20H17FN6OS. The molecule has 1 aliphatic heterocycles. The molecule has 1 saturated heterocycles. The summed E-state index contributed by atoms with van der Waals surface area (Å²) in [5, 5.41) is 3.06. The van der Waals surface area contributed by atoms with E-state index in [0.29, 0.717) is 37.6 Å². The molecule has 4 heterocycles. The summed E-state index contributed by atoms with van der Waals surface area (Å²) in [6, 6.07) is 8.04. The van der Waals surface area contributed by atoms with Gasteiger partial charge in [-0.1, -0.05) is 0 Å². The van der Waals surface area contributed by atoms with E-state index in [9.17, 15) is 9.18 Å². The van der Waals surface area contributed by atoms with E-state index in [0.717, 1.165) is 16.0 Å². The molecule has 0 atom stereocenters. The average Bonchev–Trinajstić information content (AvgIpc) is 3.43. The lowest BCUT2D eigenvalue weighted by atomic mass is 10.2. The van der Waals surface area contributed by atoms with Crippen molar-refractivity contribution in [3.63, 3.8) is 0 Å². The Morgan fingerprint density at radius 1 is 1.03 bits per heavy atom. The molecule has 0 bridgehead atoms. The molecule has 4 aromatic rings. The number of hydrogen-bond donors (Lipinski definition) is 0. The van der Waals surface area contributed by atoms with Crippen LogP contribution < -0.4 is 4.90 Å². The van der Waals surface area contributed by atoms with Gasteiger partial charge in [0.25, 0.3) is 5.91 Å². The highest BCUT2D eigenvalue weighted by molar-refractivity contribution is 7.16. The van der Waals surface area contributed by atoms with Crippen LogP contribution in [0.5, 0.6) is 0 Å². The molecular weight excluding hydrogens is 391 g/mol. The maximum atomic E-state index is 13.2. The van der Waals surface area contributed by atoms with Crippen molar-refractivity contribution in [2.45, 2.75) is 0 Å². The van der Waals surface area contributed by atoms with Crippen molar-refractivity contribution in [3.05, 3.63) is 66.1 Å². The Balaban J connectivity index is 1.33. The lowest BCUT2D eigenvalue weighted by molar-refractivity contribution is 0.0738. The van der Waals surface area contributed by atoms with Gasteiger partial charge in [0.1, 0.15) is 28.5 Å². The fraction of sp³-hybridized carbons (Fsp3) is 0.200. The fourth-order valence-electron chi connectivity index (χ4n) is 3.57. The van der Waals surface area contributed by atoms with Crippen LogP contribution in [0, 0.1) is 5.82 Å². The Labute approximate surface area is 170 Å². The van der Waals surface area contributed by atoms with Gasteiger partial charge in [-0.25, -0.2) is 19.3 Å². The number of aromatic nitrogens is 4. The van der Waals surface area contributed by atoms with E-state index in [4.69, 9.17) is 0 Å². The number of piperazine rings is 1. The number of amides is 1. The lowest BCUT2D eigenvalue weighted by Crippen LogP contribution is -2.49. The summed E-state index contributed by atoms with van der Waals surface area (Å²) in [6.07, 6.45) is 4.72. The van der Waals surface area contributed by atoms with Gasteiger partial charge in [0, 0.05) is 31.9 Å². The van der Waals surface area contributed by atoms with Gasteiger partial charge in [-0.3, -0.25) is 9.36 Å². The molecule has 0 unspecified atom stereocenters. The van der Waals surface area contributed by atoms with Crippen molar-refractivity contribution in [2.75, 3.05) is 31.1 Å². The van der Waals surface area contributed by atoms with Gasteiger partial charge in [-0.15, -0.1) is 11.3 Å². The topological polar surface area (TPSA) is 67.2 Å². The molecule has 1 aromatic carbocycles. The van der Waals surface area contributed by atoms with Crippen LogP contribution in [0.4, 0.5) is 10.2 Å². The zero-order valence-corrected chi connectivity index (χ0v) is 16.2. The van der Waals surface area contributed by atoms with Crippen molar-refractivity contribution >= 4 is 33.3 Å². The molecule has 1 amide bonds. The Morgan fingerprint density at radius 2 is 1.83 bits per heavy atom. The van der Waals surface area contributed by atoms with Gasteiger partial charge in [0.05, 0.1) is 17.9 Å². The maximum absolute atomic E-state index is 13.2. The first-order chi connectivity index (χ1) is 14.2. The Kier molecular flexibility index (Phi) is 4.44. The SMILES string of the molecule is O=C(c1cncn1-c1ccc(F)cc1)N1CCN(c2ncnc3sccc23)CC1. The second-order valence-electron chi connectivity index (χ2n) is 6.74. The number of thiophene rings is 1. The second-order valence-corrected chi connectivity index (χ2v) is 7.64. The average molecular weight is 408 g/mol. The van der Waals surface area contributed by atoms with Crippen LogP contribution in [0.1, 0.15) is 10.5 Å². The molecule has 0 N–H and O–H groups in total. The summed E-state index contributed by atoms with van der Waals surface area (Å²) in [4.78, 5) is 30.9. The van der Waals surface area contributed by atoms with E-state index in [-0.39, 0.29) is 11.7 Å². The number of benzene rings is 1. The summed E-state index contributed by atoms with van der Waals surface area (Å²) < 4.78 is 14.9. The first-order valence-electron chi connectivity index (χ1n) is 9.21. The van der Waals surface area contributed by atoms with Gasteiger partial charge < -0.3 is 9.80 Å². The molecule has 0 aliphatic carbocycles. The number of hydrogen-bond acceptors (Lipinski definition) is 6. The van der Waals surface area contributed by atoms with Crippen LogP contribution >= 0.6 is 11.3 Å². The number of halogens is 1. The molecule has 1 aliphatic rings. The number of anilines is 1. The molecule has 0 saturated carbocycles. The minimum Gasteiger partial charge on any atom is -0.352 e. The van der Waals surface area contributed by atoms with Gasteiger partial charge in [-0.2, -0.15) is 0 Å². The standard InChI is InChI=1S/C20H17FN6OS/c21-14-1-3-15(4-2-14)27-13-22-11-17(27)20(28)26-8-6-25(7-9-26)18-16-5-10-29-19(16)24-12-23-18/h1-5,10-13H,6-9H2. The van der Waals surface area contributed by atoms with Crippen LogP contribution in [0.2, 0.25) is 0 Å². The van der Waals surface area contributed by atoms with E-state index in [1.54, 1.807) is 46.9 Å². The number of rotatable bonds is 3. The third kappa shape index (κ3) is 3.23. The highest BCUT2D eigenvalue weighted by atomic mass is 32.1. The van der Waals surface area contributed by atoms with E-state index in [1.807, 2.05) is 16.3 Å². The quantitative estimate of drug-likeness (QED) is 0.521. The maximum Gasteiger partial charge on any atom is 0.272 e. The van der Waals surface area contributed by atoms with Crippen molar-refractivity contribution in [1.82, 2.24) is 24.4 Å². The Hall–Kier alpha value is -3.33. The normalized spacial score (nSPS) is 14.5. The third-order valence-corrected chi connectivity index (χ3v) is 5.89. The largest absolute Gasteiger partial charge is 0.352 e. The van der Waals surface area contributed by atoms with E-state index < -0.39 is 0 Å². The highest BCUT2D eigenvalue weighted by Crippen LogP contribution is 2.27. The molecule has 7 nitrogen and oxygen atoms in total. The first-order valence-corrected chi connectivity index (χ1v) is 10.1. The summed E-state index contributed by atoms with van der Waals surface area (Å²) in [5.41, 5.74) is 1.17. The molecule has 9 heteroatoms. The van der Waals surface area contributed by atoms with Crippen LogP contribution in [0.15, 0.2) is 54.6 Å². The molecule has 5 rings (SSSR count). The van der Waals surface area contributed by atoms with Crippen LogP contribution in [-0.2, 0) is 0 Å². The summed E-state index contributed by atoms with van der Waals surface area (Å²) >= 11 is 1.59. The molecule has 0 spiro atoms. The van der Waals surface area contributed by atoms with Gasteiger partial charge >= 0.3 is 0 Å². The summed E-state index contributed by atoms with van der Waals surface area (Å²) in [6.45, 7) is 2.56. The predicted molar refractivity (Wildman–Crippen MR) is 109 cm³/mol. The Bertz CT molecular complexity index is 1160. The number of carbonyl (C=O) groups excluding carboxylic acids is 1. The van der Waals surface area contributed by atoms with Gasteiger partial charge in [-0.05, 0) is 35.7 Å². The highest BCUT2D eigenvalue weighted by Gasteiger charge is 2.26. The van der Waals surface area contributed by atoms with Gasteiger partial charge in [0.15, 0.2) is 0 Å². The van der Waals surface area contributed by atoms with E-state index >= 15 is 0 Å². The third-order valence-electron chi connectivity index (χ3n) is 5.07. The number of nitrogens with zero attached hydrogens (tertiary/aromatic N) is 6. The van der Waals surface area contributed by atoms with Crippen molar-refractivity contribution in [3.8, 4) is 5.69 Å². The van der Waals surface area contributed by atoms with Crippen molar-refractivity contribution in [1.29, 1.82) is 0 Å². The molecule has 29 heavy (non-hydrogen) atoms. The predicted octanol–water partition coefficient (Wildman–Crippen LogP) is 2.98.